The van der Waals surface area contributed by atoms with Crippen LogP contribution in [0.2, 0.25) is 0 Å². The van der Waals surface area contributed by atoms with E-state index in [9.17, 15) is 0 Å². The Hall–Kier alpha value is -7.01. The zero-order valence-corrected chi connectivity index (χ0v) is 30.6. The highest BCUT2D eigenvalue weighted by molar-refractivity contribution is 7.18. The highest BCUT2D eigenvalue weighted by atomic mass is 32.1. The fourth-order valence-electron chi connectivity index (χ4n) is 8.18. The van der Waals surface area contributed by atoms with Crippen LogP contribution in [0.1, 0.15) is 0 Å². The number of para-hydroxylation sites is 1. The van der Waals surface area contributed by atoms with Crippen LogP contribution in [0, 0.1) is 0 Å². The Bertz CT molecular complexity index is 3160. The van der Waals surface area contributed by atoms with Crippen molar-refractivity contribution in [3.05, 3.63) is 200 Å². The summed E-state index contributed by atoms with van der Waals surface area (Å²) in [5, 5.41) is 6.99. The van der Waals surface area contributed by atoms with Crippen molar-refractivity contribution in [3.8, 4) is 54.8 Å². The zero-order chi connectivity index (χ0) is 36.3. The first-order valence-corrected chi connectivity index (χ1v) is 19.4. The van der Waals surface area contributed by atoms with Crippen molar-refractivity contribution < 1.29 is 0 Å². The van der Waals surface area contributed by atoms with Crippen LogP contribution in [0.5, 0.6) is 0 Å². The Kier molecular flexibility index (Phi) is 7.35. The Balaban J connectivity index is 1.28. The number of thiazole rings is 1. The van der Waals surface area contributed by atoms with Crippen molar-refractivity contribution in [2.75, 3.05) is 0 Å². The maximum absolute atomic E-state index is 5.38. The Labute approximate surface area is 322 Å². The molecule has 0 aliphatic heterocycles. The van der Waals surface area contributed by atoms with E-state index in [-0.39, 0.29) is 0 Å². The lowest BCUT2D eigenvalue weighted by Gasteiger charge is -2.10. The summed E-state index contributed by atoms with van der Waals surface area (Å²) in [5.74, 6) is 0. The molecule has 258 valence electrons. The molecule has 4 heteroatoms. The summed E-state index contributed by atoms with van der Waals surface area (Å²) >= 11 is 1.75. The number of hydrogen-bond donors (Lipinski definition) is 0. The second-order valence-electron chi connectivity index (χ2n) is 14.0. The second-order valence-corrected chi connectivity index (χ2v) is 15.0. The predicted octanol–water partition coefficient (Wildman–Crippen LogP) is 14.0. The number of rotatable bonds is 6. The normalized spacial score (nSPS) is 11.6. The van der Waals surface area contributed by atoms with Crippen LogP contribution in [0.15, 0.2) is 200 Å². The molecule has 0 radical (unpaired) electrons. The van der Waals surface area contributed by atoms with Gasteiger partial charge in [-0.2, -0.15) is 0 Å². The average molecular weight is 720 g/mol. The fraction of sp³-hybridized carbons (Fsp3) is 0. The van der Waals surface area contributed by atoms with E-state index < -0.39 is 0 Å². The van der Waals surface area contributed by atoms with Crippen LogP contribution < -0.4 is 0 Å². The van der Waals surface area contributed by atoms with Crippen molar-refractivity contribution in [3.63, 3.8) is 0 Å². The van der Waals surface area contributed by atoms with Crippen molar-refractivity contribution >= 4 is 54.9 Å². The maximum atomic E-state index is 5.38. The molecule has 0 N–H and O–H groups in total. The number of aromatic nitrogens is 3. The fourth-order valence-corrected chi connectivity index (χ4v) is 9.30. The molecular formula is C51H33N3S. The van der Waals surface area contributed by atoms with E-state index in [1.807, 2.05) is 0 Å². The highest BCUT2D eigenvalue weighted by Gasteiger charge is 2.24. The van der Waals surface area contributed by atoms with Crippen LogP contribution in [0.25, 0.3) is 98.4 Å². The lowest BCUT2D eigenvalue weighted by atomic mass is 10.0. The van der Waals surface area contributed by atoms with Gasteiger partial charge >= 0.3 is 0 Å². The molecular weight excluding hydrogens is 687 g/mol. The molecule has 0 fully saturated rings. The third-order valence-electron chi connectivity index (χ3n) is 10.8. The summed E-state index contributed by atoms with van der Waals surface area (Å²) in [6.45, 7) is 0. The van der Waals surface area contributed by atoms with E-state index in [0.717, 1.165) is 43.6 Å². The molecule has 0 aliphatic carbocycles. The molecule has 3 aromatic heterocycles. The minimum absolute atomic E-state index is 0.978. The largest absolute Gasteiger partial charge is 0.309 e. The molecule has 0 unspecified atom stereocenters. The number of benzene rings is 8. The summed E-state index contributed by atoms with van der Waals surface area (Å²) < 4.78 is 4.89. The van der Waals surface area contributed by atoms with Crippen molar-refractivity contribution in [1.82, 2.24) is 14.1 Å². The molecule has 11 aromatic rings. The van der Waals surface area contributed by atoms with Gasteiger partial charge in [-0.25, -0.2) is 4.98 Å². The Morgan fingerprint density at radius 3 is 1.31 bits per heavy atom. The molecule has 0 spiro atoms. The Morgan fingerprint density at radius 2 is 0.764 bits per heavy atom. The van der Waals surface area contributed by atoms with Gasteiger partial charge in [0.2, 0.25) is 0 Å². The average Bonchev–Trinajstić information content (AvgIpc) is 3.94. The molecule has 0 amide bonds. The van der Waals surface area contributed by atoms with Crippen molar-refractivity contribution in [2.24, 2.45) is 0 Å². The predicted molar refractivity (Wildman–Crippen MR) is 233 cm³/mol. The van der Waals surface area contributed by atoms with E-state index >= 15 is 0 Å². The number of hydrogen-bond acceptors (Lipinski definition) is 2. The molecule has 8 aromatic carbocycles. The maximum Gasteiger partial charge on any atom is 0.129 e. The van der Waals surface area contributed by atoms with Crippen LogP contribution in [-0.4, -0.2) is 14.1 Å². The van der Waals surface area contributed by atoms with Crippen LogP contribution in [0.4, 0.5) is 0 Å². The SMILES string of the molecule is c1ccc(-c2ccc3c(c2)c2cc4c5cc(-c6ccccc6)ccc5n(-c5sc(-c6ccccc6)nc5-c5ccccc5)c4cc2n3-c2ccccc2)cc1. The molecule has 0 bridgehead atoms. The second kappa shape index (κ2) is 12.8. The smallest absolute Gasteiger partial charge is 0.129 e. The zero-order valence-electron chi connectivity index (χ0n) is 29.8. The first-order chi connectivity index (χ1) is 27.3. The van der Waals surface area contributed by atoms with Gasteiger partial charge in [0, 0.05) is 38.4 Å². The molecule has 3 nitrogen and oxygen atoms in total. The summed E-state index contributed by atoms with van der Waals surface area (Å²) in [6, 6.07) is 72.0. The summed E-state index contributed by atoms with van der Waals surface area (Å²) in [4.78, 5) is 5.38. The Morgan fingerprint density at radius 1 is 0.327 bits per heavy atom. The van der Waals surface area contributed by atoms with Crippen LogP contribution in [-0.2, 0) is 0 Å². The summed E-state index contributed by atoms with van der Waals surface area (Å²) in [7, 11) is 0. The summed E-state index contributed by atoms with van der Waals surface area (Å²) in [5.41, 5.74) is 13.8. The number of fused-ring (bicyclic) bond motifs is 6. The quantitative estimate of drug-likeness (QED) is 0.168. The van der Waals surface area contributed by atoms with Gasteiger partial charge in [0.25, 0.3) is 0 Å². The van der Waals surface area contributed by atoms with Gasteiger partial charge in [0.1, 0.15) is 15.7 Å². The molecule has 55 heavy (non-hydrogen) atoms. The van der Waals surface area contributed by atoms with Gasteiger partial charge in [-0.05, 0) is 70.8 Å². The first kappa shape index (κ1) is 31.5. The van der Waals surface area contributed by atoms with Gasteiger partial charge in [0.15, 0.2) is 0 Å². The standard InChI is InChI=1S/C51H33N3S/c1-6-16-34(17-7-1)38-26-28-45-41(30-38)43-32-44-42-31-39(35-18-8-2-9-19-35)27-29-46(42)54(48(44)33-47(43)53(45)40-24-14-5-15-25-40)51-49(36-20-10-3-11-21-36)52-50(55-51)37-22-12-4-13-23-37/h1-33H. The minimum atomic E-state index is 0.978. The van der Waals surface area contributed by atoms with Gasteiger partial charge in [0.05, 0.1) is 22.1 Å². The molecule has 3 heterocycles. The van der Waals surface area contributed by atoms with E-state index in [2.05, 4.69) is 209 Å². The van der Waals surface area contributed by atoms with E-state index in [4.69, 9.17) is 4.98 Å². The highest BCUT2D eigenvalue weighted by Crippen LogP contribution is 2.45. The van der Waals surface area contributed by atoms with E-state index in [1.165, 1.54) is 54.8 Å². The van der Waals surface area contributed by atoms with Gasteiger partial charge < -0.3 is 4.57 Å². The van der Waals surface area contributed by atoms with Crippen molar-refractivity contribution in [2.45, 2.75) is 0 Å². The van der Waals surface area contributed by atoms with E-state index in [0.29, 0.717) is 0 Å². The van der Waals surface area contributed by atoms with Crippen LogP contribution in [0.3, 0.4) is 0 Å². The number of nitrogens with zero attached hydrogens (tertiary/aromatic N) is 3. The first-order valence-electron chi connectivity index (χ1n) is 18.6. The van der Waals surface area contributed by atoms with Crippen molar-refractivity contribution in [1.29, 1.82) is 0 Å². The molecule has 11 rings (SSSR count). The molecule has 0 saturated carbocycles. The monoisotopic (exact) mass is 719 g/mol. The minimum Gasteiger partial charge on any atom is -0.309 e. The molecule has 0 atom stereocenters. The lowest BCUT2D eigenvalue weighted by Crippen LogP contribution is -1.96. The topological polar surface area (TPSA) is 22.8 Å². The third kappa shape index (κ3) is 5.22. The van der Waals surface area contributed by atoms with Gasteiger partial charge in [-0.1, -0.05) is 163 Å². The molecule has 0 saturated heterocycles. The summed E-state index contributed by atoms with van der Waals surface area (Å²) in [6.07, 6.45) is 0. The van der Waals surface area contributed by atoms with Gasteiger partial charge in [-0.3, -0.25) is 4.57 Å². The van der Waals surface area contributed by atoms with Gasteiger partial charge in [-0.15, -0.1) is 0 Å². The third-order valence-corrected chi connectivity index (χ3v) is 11.8. The van der Waals surface area contributed by atoms with Crippen LogP contribution >= 0.6 is 11.3 Å². The van der Waals surface area contributed by atoms with E-state index in [1.54, 1.807) is 11.3 Å². The molecule has 0 aliphatic rings. The lowest BCUT2D eigenvalue weighted by molar-refractivity contribution is 1.17.